The molecule has 1 unspecified atom stereocenters. The Kier molecular flexibility index (Phi) is 4.76. The lowest BCUT2D eigenvalue weighted by molar-refractivity contribution is -0.118. The van der Waals surface area contributed by atoms with E-state index in [0.29, 0.717) is 30.7 Å². The Morgan fingerprint density at radius 3 is 2.83 bits per heavy atom. The molecule has 158 valence electrons. The summed E-state index contributed by atoms with van der Waals surface area (Å²) in [5.74, 6) is 3.21. The zero-order chi connectivity index (χ0) is 20.9. The first-order chi connectivity index (χ1) is 14.4. The van der Waals surface area contributed by atoms with Crippen molar-refractivity contribution in [2.45, 2.75) is 51.2 Å². The van der Waals surface area contributed by atoms with Crippen LogP contribution in [0.4, 0.5) is 5.95 Å². The number of aromatic nitrogens is 3. The summed E-state index contributed by atoms with van der Waals surface area (Å²) in [4.78, 5) is 18.0. The molecule has 2 aromatic rings. The Hall–Kier alpha value is -2.48. The van der Waals surface area contributed by atoms with Crippen LogP contribution in [0, 0.1) is 5.41 Å². The number of hydrogen-bond acceptors (Lipinski definition) is 7. The number of rotatable bonds is 3. The zero-order valence-corrected chi connectivity index (χ0v) is 18.3. The molecule has 1 aliphatic carbocycles. The van der Waals surface area contributed by atoms with Crippen molar-refractivity contribution in [1.29, 1.82) is 0 Å². The van der Waals surface area contributed by atoms with E-state index >= 15 is 0 Å². The molecule has 3 heterocycles. The van der Waals surface area contributed by atoms with Gasteiger partial charge in [-0.15, -0.1) is 5.10 Å². The Labute approximate surface area is 180 Å². The van der Waals surface area contributed by atoms with Crippen molar-refractivity contribution >= 4 is 23.5 Å². The maximum Gasteiger partial charge on any atom is 0.227 e. The quantitative estimate of drug-likeness (QED) is 0.737. The van der Waals surface area contributed by atoms with Gasteiger partial charge in [-0.05, 0) is 35.3 Å². The minimum absolute atomic E-state index is 0.0820. The van der Waals surface area contributed by atoms with Gasteiger partial charge >= 0.3 is 0 Å². The molecule has 1 atom stereocenters. The summed E-state index contributed by atoms with van der Waals surface area (Å²) in [6.07, 6.45) is 2.18. The maximum absolute atomic E-state index is 13.3. The minimum atomic E-state index is -0.323. The van der Waals surface area contributed by atoms with E-state index in [1.165, 1.54) is 0 Å². The van der Waals surface area contributed by atoms with Crippen LogP contribution in [-0.4, -0.2) is 39.5 Å². The molecular formula is C22H26N4O3S. The van der Waals surface area contributed by atoms with E-state index in [9.17, 15) is 4.79 Å². The third kappa shape index (κ3) is 3.37. The zero-order valence-electron chi connectivity index (χ0n) is 17.5. The molecule has 0 fully saturated rings. The van der Waals surface area contributed by atoms with Crippen molar-refractivity contribution in [1.82, 2.24) is 14.8 Å². The van der Waals surface area contributed by atoms with Crippen molar-refractivity contribution in [2.75, 3.05) is 24.3 Å². The Morgan fingerprint density at radius 2 is 2.03 bits per heavy atom. The highest BCUT2D eigenvalue weighted by molar-refractivity contribution is 7.99. The number of thioether (sulfide) groups is 1. The Bertz CT molecular complexity index is 1040. The fourth-order valence-corrected chi connectivity index (χ4v) is 4.99. The van der Waals surface area contributed by atoms with Crippen LogP contribution in [0.2, 0.25) is 0 Å². The normalized spacial score (nSPS) is 22.1. The number of carbonyl (C=O) groups excluding carboxylic acids is 1. The van der Waals surface area contributed by atoms with Gasteiger partial charge in [-0.1, -0.05) is 38.6 Å². The highest BCUT2D eigenvalue weighted by Crippen LogP contribution is 2.46. The molecule has 3 aliphatic rings. The molecule has 5 rings (SSSR count). The van der Waals surface area contributed by atoms with Gasteiger partial charge in [-0.3, -0.25) is 4.79 Å². The van der Waals surface area contributed by atoms with Crippen molar-refractivity contribution in [3.8, 4) is 11.5 Å². The van der Waals surface area contributed by atoms with Crippen molar-refractivity contribution < 1.29 is 14.3 Å². The monoisotopic (exact) mass is 426 g/mol. The van der Waals surface area contributed by atoms with Crippen LogP contribution in [0.5, 0.6) is 11.5 Å². The molecule has 0 saturated heterocycles. The fraction of sp³-hybridized carbons (Fsp3) is 0.500. The highest BCUT2D eigenvalue weighted by Gasteiger charge is 2.42. The molecule has 1 aromatic heterocycles. The molecule has 0 spiro atoms. The summed E-state index contributed by atoms with van der Waals surface area (Å²) in [6, 6.07) is 5.62. The largest absolute Gasteiger partial charge is 0.490 e. The van der Waals surface area contributed by atoms with Gasteiger partial charge in [-0.2, -0.15) is 4.98 Å². The standard InChI is InChI=1S/C22H26N4O3S/c1-4-30-21-24-20-23-14-11-22(2,3)12-15(27)18(14)19(26(20)25-21)13-6-7-16-17(10-13)29-9-5-8-28-16/h6-7,10,19H,4-5,8-9,11-12H2,1-3H3,(H,23,24,25). The number of nitrogens with one attached hydrogen (secondary N) is 1. The van der Waals surface area contributed by atoms with Crippen LogP contribution in [0.15, 0.2) is 34.6 Å². The summed E-state index contributed by atoms with van der Waals surface area (Å²) in [6.45, 7) is 7.62. The average molecular weight is 427 g/mol. The van der Waals surface area contributed by atoms with E-state index in [0.717, 1.165) is 46.9 Å². The number of Topliss-reactive ketones (excluding diaryl/α,β-unsaturated/α-hetero) is 1. The SMILES string of the molecule is CCSc1nc2n(n1)C(c1ccc3c(c1)OCCCO3)C1=C(CC(C)(C)CC1=O)N2. The number of ether oxygens (including phenoxy) is 2. The van der Waals surface area contributed by atoms with Crippen molar-refractivity contribution in [2.24, 2.45) is 5.41 Å². The molecule has 1 aromatic carbocycles. The summed E-state index contributed by atoms with van der Waals surface area (Å²) in [5, 5.41) is 8.87. The predicted octanol–water partition coefficient (Wildman–Crippen LogP) is 4.21. The van der Waals surface area contributed by atoms with Gasteiger partial charge in [0.15, 0.2) is 17.3 Å². The molecule has 2 aliphatic heterocycles. The highest BCUT2D eigenvalue weighted by atomic mass is 32.2. The minimum Gasteiger partial charge on any atom is -0.490 e. The van der Waals surface area contributed by atoms with Crippen molar-refractivity contribution in [3.05, 3.63) is 35.0 Å². The average Bonchev–Trinajstić information content (AvgIpc) is 2.92. The number of allylic oxidation sites excluding steroid dienone is 2. The van der Waals surface area contributed by atoms with Gasteiger partial charge in [-0.25, -0.2) is 4.68 Å². The van der Waals surface area contributed by atoms with Crippen LogP contribution >= 0.6 is 11.8 Å². The molecule has 0 saturated carbocycles. The number of nitrogens with zero attached hydrogens (tertiary/aromatic N) is 3. The van der Waals surface area contributed by atoms with Gasteiger partial charge in [0.25, 0.3) is 0 Å². The van der Waals surface area contributed by atoms with E-state index in [-0.39, 0.29) is 17.2 Å². The Morgan fingerprint density at radius 1 is 1.23 bits per heavy atom. The summed E-state index contributed by atoms with van der Waals surface area (Å²) < 4.78 is 13.6. The summed E-state index contributed by atoms with van der Waals surface area (Å²) >= 11 is 1.59. The molecule has 30 heavy (non-hydrogen) atoms. The molecule has 0 radical (unpaired) electrons. The van der Waals surface area contributed by atoms with E-state index in [2.05, 4.69) is 31.1 Å². The fourth-order valence-electron chi connectivity index (χ4n) is 4.44. The molecule has 1 N–H and O–H groups in total. The maximum atomic E-state index is 13.3. The summed E-state index contributed by atoms with van der Waals surface area (Å²) in [7, 11) is 0. The topological polar surface area (TPSA) is 78.3 Å². The second-order valence-corrected chi connectivity index (χ2v) is 9.94. The predicted molar refractivity (Wildman–Crippen MR) is 115 cm³/mol. The first kappa shape index (κ1) is 19.5. The Balaban J connectivity index is 1.65. The third-order valence-corrected chi connectivity index (χ3v) is 6.39. The van der Waals surface area contributed by atoms with Crippen LogP contribution in [-0.2, 0) is 4.79 Å². The lowest BCUT2D eigenvalue weighted by Gasteiger charge is -2.38. The number of benzene rings is 1. The van der Waals surface area contributed by atoms with Crippen LogP contribution < -0.4 is 14.8 Å². The van der Waals surface area contributed by atoms with Crippen LogP contribution in [0.3, 0.4) is 0 Å². The molecule has 0 bridgehead atoms. The van der Waals surface area contributed by atoms with Gasteiger partial charge in [0, 0.05) is 24.1 Å². The van der Waals surface area contributed by atoms with Gasteiger partial charge in [0.05, 0.1) is 13.2 Å². The van der Waals surface area contributed by atoms with E-state index in [1.807, 2.05) is 22.9 Å². The lowest BCUT2D eigenvalue weighted by Crippen LogP contribution is -2.36. The first-order valence-electron chi connectivity index (χ1n) is 10.5. The van der Waals surface area contributed by atoms with E-state index in [1.54, 1.807) is 11.8 Å². The number of fused-ring (bicyclic) bond motifs is 2. The molecule has 0 amide bonds. The smallest absolute Gasteiger partial charge is 0.227 e. The van der Waals surface area contributed by atoms with E-state index in [4.69, 9.17) is 14.6 Å². The number of ketones is 1. The molecule has 7 nitrogen and oxygen atoms in total. The van der Waals surface area contributed by atoms with Gasteiger partial charge in [0.1, 0.15) is 6.04 Å². The lowest BCUT2D eigenvalue weighted by atomic mass is 9.73. The number of anilines is 1. The van der Waals surface area contributed by atoms with Gasteiger partial charge in [0.2, 0.25) is 11.1 Å². The first-order valence-corrected chi connectivity index (χ1v) is 11.5. The second kappa shape index (κ2) is 7.34. The third-order valence-electron chi connectivity index (χ3n) is 5.67. The number of hydrogen-bond donors (Lipinski definition) is 1. The summed E-state index contributed by atoms with van der Waals surface area (Å²) in [5.41, 5.74) is 2.62. The van der Waals surface area contributed by atoms with Crippen LogP contribution in [0.1, 0.15) is 51.6 Å². The van der Waals surface area contributed by atoms with Crippen molar-refractivity contribution in [3.63, 3.8) is 0 Å². The second-order valence-electron chi connectivity index (χ2n) is 8.71. The molecule has 8 heteroatoms. The van der Waals surface area contributed by atoms with Crippen LogP contribution in [0.25, 0.3) is 0 Å². The van der Waals surface area contributed by atoms with Gasteiger partial charge < -0.3 is 14.8 Å². The van der Waals surface area contributed by atoms with E-state index < -0.39 is 0 Å². The number of carbonyl (C=O) groups is 1. The molecular weight excluding hydrogens is 400 g/mol.